The molecular weight excluding hydrogens is 538 g/mol. The Labute approximate surface area is 238 Å². The summed E-state index contributed by atoms with van der Waals surface area (Å²) in [5.74, 6) is -0.606. The highest BCUT2D eigenvalue weighted by molar-refractivity contribution is 7.93. The van der Waals surface area contributed by atoms with Crippen molar-refractivity contribution < 1.29 is 17.9 Å². The Balaban J connectivity index is 1.50. The minimum absolute atomic E-state index is 0.0181. The molecule has 0 spiro atoms. The first-order valence-electron chi connectivity index (χ1n) is 13.2. The molecule has 0 saturated heterocycles. The minimum atomic E-state index is -4.18. The lowest BCUT2D eigenvalue weighted by Gasteiger charge is -2.24. The topological polar surface area (TPSA) is 131 Å². The molecule has 2 heterocycles. The number of amidine groups is 1. The number of benzene rings is 3. The molecular formula is C31H31N5O4S. The average molecular weight is 570 g/mol. The molecule has 41 heavy (non-hydrogen) atoms. The Hall–Kier alpha value is -4.70. The number of anilines is 1. The number of rotatable bonds is 10. The summed E-state index contributed by atoms with van der Waals surface area (Å²) in [4.78, 5) is 16.9. The van der Waals surface area contributed by atoms with Crippen molar-refractivity contribution in [1.82, 2.24) is 9.55 Å². The molecule has 0 saturated carbocycles. The van der Waals surface area contributed by atoms with Gasteiger partial charge in [-0.2, -0.15) is 0 Å². The molecule has 0 aliphatic heterocycles. The SMILES string of the molecule is CCOC(=O)CN(c1ccc2c(c1)cc(CCc1ccc(C(=N)N)cc1)n2C)S(=O)(=O)c1cccc2cccnc12. The van der Waals surface area contributed by atoms with Crippen molar-refractivity contribution in [3.8, 4) is 0 Å². The lowest BCUT2D eigenvalue weighted by Crippen LogP contribution is -2.36. The summed E-state index contributed by atoms with van der Waals surface area (Å²) < 4.78 is 36.5. The van der Waals surface area contributed by atoms with Crippen molar-refractivity contribution in [2.75, 3.05) is 17.5 Å². The third kappa shape index (κ3) is 5.64. The zero-order valence-corrected chi connectivity index (χ0v) is 23.7. The Morgan fingerprint density at radius 3 is 2.49 bits per heavy atom. The van der Waals surface area contributed by atoms with Gasteiger partial charge in [-0.25, -0.2) is 8.42 Å². The van der Waals surface area contributed by atoms with Crippen molar-refractivity contribution in [3.63, 3.8) is 0 Å². The lowest BCUT2D eigenvalue weighted by molar-refractivity contribution is -0.141. The molecule has 0 aliphatic carbocycles. The molecule has 0 aliphatic rings. The van der Waals surface area contributed by atoms with Crippen LogP contribution >= 0.6 is 0 Å². The largest absolute Gasteiger partial charge is 0.465 e. The maximum Gasteiger partial charge on any atom is 0.326 e. The van der Waals surface area contributed by atoms with E-state index in [9.17, 15) is 13.2 Å². The standard InChI is InChI=1S/C31H31N5O4S/c1-3-40-29(37)20-36(41(38,39)28-8-4-6-22-7-5-17-34-30(22)28)26-15-16-27-24(19-26)18-25(35(27)2)14-11-21-9-12-23(13-10-21)31(32)33/h4-10,12-13,15-19H,3,11,14,20H2,1-2H3,(H3,32,33). The van der Waals surface area contributed by atoms with Crippen LogP contribution in [0.2, 0.25) is 0 Å². The first-order valence-corrected chi connectivity index (χ1v) is 14.7. The second-order valence-electron chi connectivity index (χ2n) is 9.70. The molecule has 2 aromatic heterocycles. The molecule has 5 rings (SSSR count). The normalized spacial score (nSPS) is 11.6. The van der Waals surface area contributed by atoms with Gasteiger partial charge < -0.3 is 15.0 Å². The van der Waals surface area contributed by atoms with Crippen molar-refractivity contribution >= 4 is 49.3 Å². The Morgan fingerprint density at radius 2 is 1.76 bits per heavy atom. The van der Waals surface area contributed by atoms with Gasteiger partial charge in [0.2, 0.25) is 0 Å². The van der Waals surface area contributed by atoms with Crippen LogP contribution in [0.1, 0.15) is 23.7 Å². The summed E-state index contributed by atoms with van der Waals surface area (Å²) >= 11 is 0. The van der Waals surface area contributed by atoms with Gasteiger partial charge in [0, 0.05) is 40.8 Å². The van der Waals surface area contributed by atoms with Crippen LogP contribution in [0.15, 0.2) is 90.0 Å². The van der Waals surface area contributed by atoms with Gasteiger partial charge in [-0.3, -0.25) is 19.5 Å². The molecule has 0 atom stereocenters. The van der Waals surface area contributed by atoms with E-state index < -0.39 is 22.5 Å². The number of fused-ring (bicyclic) bond motifs is 2. The van der Waals surface area contributed by atoms with Crippen LogP contribution in [-0.4, -0.2) is 42.9 Å². The van der Waals surface area contributed by atoms with Crippen LogP contribution in [-0.2, 0) is 39.4 Å². The molecule has 10 heteroatoms. The van der Waals surface area contributed by atoms with Crippen molar-refractivity contribution in [2.45, 2.75) is 24.7 Å². The third-order valence-electron chi connectivity index (χ3n) is 7.09. The van der Waals surface area contributed by atoms with E-state index in [-0.39, 0.29) is 17.3 Å². The number of carbonyl (C=O) groups excluding carboxylic acids is 1. The van der Waals surface area contributed by atoms with E-state index in [2.05, 4.69) is 9.55 Å². The van der Waals surface area contributed by atoms with Gasteiger partial charge in [-0.05, 0) is 61.7 Å². The van der Waals surface area contributed by atoms with Crippen LogP contribution in [0.3, 0.4) is 0 Å². The molecule has 0 unspecified atom stereocenters. The van der Waals surface area contributed by atoms with Gasteiger partial charge in [0.05, 0.1) is 17.8 Å². The fourth-order valence-electron chi connectivity index (χ4n) is 4.95. The van der Waals surface area contributed by atoms with E-state index >= 15 is 0 Å². The van der Waals surface area contributed by atoms with E-state index in [4.69, 9.17) is 15.9 Å². The summed E-state index contributed by atoms with van der Waals surface area (Å²) in [5.41, 5.74) is 10.1. The first kappa shape index (κ1) is 27.9. The predicted octanol–water partition coefficient (Wildman–Crippen LogP) is 4.55. The van der Waals surface area contributed by atoms with Gasteiger partial charge in [0.15, 0.2) is 0 Å². The maximum atomic E-state index is 14.1. The second-order valence-corrected chi connectivity index (χ2v) is 11.5. The Bertz CT molecular complexity index is 1860. The van der Waals surface area contributed by atoms with E-state index in [0.717, 1.165) is 39.3 Å². The lowest BCUT2D eigenvalue weighted by atomic mass is 10.1. The van der Waals surface area contributed by atoms with E-state index in [0.29, 0.717) is 22.2 Å². The Kier molecular flexibility index (Phi) is 7.76. The fraction of sp³-hybridized carbons (Fsp3) is 0.194. The number of para-hydroxylation sites is 1. The zero-order chi connectivity index (χ0) is 29.1. The number of aryl methyl sites for hydroxylation is 3. The molecule has 5 aromatic rings. The number of nitrogens with one attached hydrogen (secondary N) is 1. The molecule has 3 aromatic carbocycles. The zero-order valence-electron chi connectivity index (χ0n) is 22.9. The number of nitrogens with zero attached hydrogens (tertiary/aromatic N) is 3. The maximum absolute atomic E-state index is 14.1. The van der Waals surface area contributed by atoms with Gasteiger partial charge in [0.1, 0.15) is 17.3 Å². The summed E-state index contributed by atoms with van der Waals surface area (Å²) in [5, 5.41) is 9.10. The summed E-state index contributed by atoms with van der Waals surface area (Å²) in [6, 6.07) is 23.5. The first-order chi connectivity index (χ1) is 19.7. The highest BCUT2D eigenvalue weighted by Gasteiger charge is 2.30. The van der Waals surface area contributed by atoms with Gasteiger partial charge in [-0.15, -0.1) is 0 Å². The van der Waals surface area contributed by atoms with E-state index in [1.165, 1.54) is 6.07 Å². The number of ether oxygens (including phenoxy) is 1. The number of carbonyl (C=O) groups is 1. The molecule has 210 valence electrons. The smallest absolute Gasteiger partial charge is 0.326 e. The summed E-state index contributed by atoms with van der Waals surface area (Å²) in [6.45, 7) is 1.35. The van der Waals surface area contributed by atoms with Crippen LogP contribution in [0.5, 0.6) is 0 Å². The molecule has 0 amide bonds. The Morgan fingerprint density at radius 1 is 1.00 bits per heavy atom. The van der Waals surface area contributed by atoms with Gasteiger partial charge in [-0.1, -0.05) is 42.5 Å². The highest BCUT2D eigenvalue weighted by atomic mass is 32.2. The number of nitrogen functional groups attached to an aromatic ring is 1. The molecule has 0 radical (unpaired) electrons. The van der Waals surface area contributed by atoms with Gasteiger partial charge in [0.25, 0.3) is 10.0 Å². The average Bonchev–Trinajstić information content (AvgIpc) is 3.29. The second kappa shape index (κ2) is 11.4. The predicted molar refractivity (Wildman–Crippen MR) is 161 cm³/mol. The molecule has 0 fully saturated rings. The number of nitrogens with two attached hydrogens (primary N) is 1. The van der Waals surface area contributed by atoms with Gasteiger partial charge >= 0.3 is 5.97 Å². The summed E-state index contributed by atoms with van der Waals surface area (Å²) in [6.07, 6.45) is 3.09. The quantitative estimate of drug-likeness (QED) is 0.144. The molecule has 0 bridgehead atoms. The van der Waals surface area contributed by atoms with Crippen molar-refractivity contribution in [1.29, 1.82) is 5.41 Å². The van der Waals surface area contributed by atoms with E-state index in [1.54, 1.807) is 49.5 Å². The number of pyridine rings is 1. The van der Waals surface area contributed by atoms with Crippen LogP contribution < -0.4 is 10.0 Å². The van der Waals surface area contributed by atoms with Crippen LogP contribution in [0.25, 0.3) is 21.8 Å². The molecule has 9 nitrogen and oxygen atoms in total. The number of hydrogen-bond donors (Lipinski definition) is 2. The fourth-order valence-corrected chi connectivity index (χ4v) is 6.52. The number of esters is 1. The van der Waals surface area contributed by atoms with Crippen molar-refractivity contribution in [3.05, 3.63) is 102 Å². The highest BCUT2D eigenvalue weighted by Crippen LogP contribution is 2.31. The third-order valence-corrected chi connectivity index (χ3v) is 8.90. The van der Waals surface area contributed by atoms with Crippen LogP contribution in [0.4, 0.5) is 5.69 Å². The number of sulfonamides is 1. The number of aromatic nitrogens is 2. The van der Waals surface area contributed by atoms with Crippen molar-refractivity contribution in [2.24, 2.45) is 12.8 Å². The monoisotopic (exact) mass is 569 g/mol. The van der Waals surface area contributed by atoms with Crippen LogP contribution in [0, 0.1) is 5.41 Å². The minimum Gasteiger partial charge on any atom is -0.465 e. The molecule has 3 N–H and O–H groups in total. The number of hydrogen-bond acceptors (Lipinski definition) is 6. The summed E-state index contributed by atoms with van der Waals surface area (Å²) in [7, 11) is -2.21. The van der Waals surface area contributed by atoms with E-state index in [1.807, 2.05) is 43.4 Å².